The van der Waals surface area contributed by atoms with Crippen LogP contribution in [0, 0.1) is 11.3 Å². The third-order valence-electron chi connectivity index (χ3n) is 4.46. The predicted molar refractivity (Wildman–Crippen MR) is 106 cm³/mol. The SMILES string of the molecule is CCCCCn1nc(C(=O)OCc2cccc(C#N)c2)c2ccccc2c1=O. The van der Waals surface area contributed by atoms with E-state index in [1.54, 1.807) is 48.5 Å². The van der Waals surface area contributed by atoms with Crippen molar-refractivity contribution in [3.8, 4) is 6.07 Å². The molecule has 6 heteroatoms. The van der Waals surface area contributed by atoms with Crippen molar-refractivity contribution < 1.29 is 9.53 Å². The van der Waals surface area contributed by atoms with Gasteiger partial charge in [0.05, 0.1) is 17.0 Å². The third-order valence-corrected chi connectivity index (χ3v) is 4.46. The number of carbonyl (C=O) groups is 1. The fourth-order valence-corrected chi connectivity index (χ4v) is 3.00. The van der Waals surface area contributed by atoms with Crippen molar-refractivity contribution >= 4 is 16.7 Å². The van der Waals surface area contributed by atoms with Crippen LogP contribution in [-0.2, 0) is 17.9 Å². The summed E-state index contributed by atoms with van der Waals surface area (Å²) in [5.74, 6) is -0.595. The van der Waals surface area contributed by atoms with Gasteiger partial charge in [-0.2, -0.15) is 10.4 Å². The van der Waals surface area contributed by atoms with Crippen molar-refractivity contribution in [2.45, 2.75) is 39.3 Å². The lowest BCUT2D eigenvalue weighted by atomic mass is 10.1. The number of hydrogen-bond donors (Lipinski definition) is 0. The van der Waals surface area contributed by atoms with E-state index in [0.29, 0.717) is 28.4 Å². The molecular formula is C22H21N3O3. The van der Waals surface area contributed by atoms with Crippen LogP contribution < -0.4 is 5.56 Å². The first-order valence-electron chi connectivity index (χ1n) is 9.30. The van der Waals surface area contributed by atoms with Gasteiger partial charge < -0.3 is 4.74 Å². The van der Waals surface area contributed by atoms with E-state index in [1.807, 2.05) is 0 Å². The maximum atomic E-state index is 12.7. The molecule has 0 bridgehead atoms. The van der Waals surface area contributed by atoms with E-state index in [0.717, 1.165) is 19.3 Å². The van der Waals surface area contributed by atoms with E-state index < -0.39 is 5.97 Å². The molecule has 1 heterocycles. The van der Waals surface area contributed by atoms with Crippen LogP contribution in [0.5, 0.6) is 0 Å². The number of esters is 1. The number of ether oxygens (including phenoxy) is 1. The minimum absolute atomic E-state index is 0.0271. The van der Waals surface area contributed by atoms with Crippen molar-refractivity contribution in [1.82, 2.24) is 9.78 Å². The molecule has 3 aromatic rings. The summed E-state index contributed by atoms with van der Waals surface area (Å²) in [5, 5.41) is 14.2. The standard InChI is InChI=1S/C22H21N3O3/c1-2-3-6-12-25-21(26)19-11-5-4-10-18(19)20(24-25)22(27)28-15-17-9-7-8-16(13-17)14-23/h4-5,7-11,13H,2-3,6,12,15H2,1H3. The smallest absolute Gasteiger partial charge is 0.359 e. The van der Waals surface area contributed by atoms with Crippen molar-refractivity contribution in [2.75, 3.05) is 0 Å². The van der Waals surface area contributed by atoms with Gasteiger partial charge in [-0.25, -0.2) is 9.48 Å². The lowest BCUT2D eigenvalue weighted by Crippen LogP contribution is -2.26. The Morgan fingerprint density at radius 2 is 1.93 bits per heavy atom. The van der Waals surface area contributed by atoms with Crippen LogP contribution in [0.4, 0.5) is 0 Å². The molecule has 0 atom stereocenters. The fraction of sp³-hybridized carbons (Fsp3) is 0.273. The summed E-state index contributed by atoms with van der Waals surface area (Å²) in [4.78, 5) is 25.4. The van der Waals surface area contributed by atoms with Gasteiger partial charge in [0.15, 0.2) is 5.69 Å². The summed E-state index contributed by atoms with van der Waals surface area (Å²) in [5.41, 5.74) is 1.14. The van der Waals surface area contributed by atoms with Gasteiger partial charge >= 0.3 is 5.97 Å². The van der Waals surface area contributed by atoms with E-state index in [1.165, 1.54) is 4.68 Å². The highest BCUT2D eigenvalue weighted by atomic mass is 16.5. The highest BCUT2D eigenvalue weighted by molar-refractivity contribution is 6.02. The molecule has 0 amide bonds. The monoisotopic (exact) mass is 375 g/mol. The first kappa shape index (κ1) is 19.3. The van der Waals surface area contributed by atoms with Gasteiger partial charge in [0.25, 0.3) is 5.56 Å². The van der Waals surface area contributed by atoms with E-state index in [9.17, 15) is 9.59 Å². The molecule has 3 rings (SSSR count). The first-order chi connectivity index (χ1) is 13.6. The minimum atomic E-state index is -0.595. The number of carbonyl (C=O) groups excluding carboxylic acids is 1. The number of aryl methyl sites for hydroxylation is 1. The van der Waals surface area contributed by atoms with Crippen LogP contribution >= 0.6 is 0 Å². The van der Waals surface area contributed by atoms with Crippen molar-refractivity contribution in [1.29, 1.82) is 5.26 Å². The summed E-state index contributed by atoms with van der Waals surface area (Å²) in [7, 11) is 0. The molecule has 0 unspecified atom stereocenters. The van der Waals surface area contributed by atoms with Gasteiger partial charge in [-0.3, -0.25) is 4.79 Å². The molecule has 1 aromatic heterocycles. The molecule has 28 heavy (non-hydrogen) atoms. The Morgan fingerprint density at radius 3 is 2.68 bits per heavy atom. The van der Waals surface area contributed by atoms with Crippen LogP contribution in [0.15, 0.2) is 53.3 Å². The van der Waals surface area contributed by atoms with Gasteiger partial charge in [0, 0.05) is 11.9 Å². The van der Waals surface area contributed by atoms with E-state index in [4.69, 9.17) is 10.00 Å². The van der Waals surface area contributed by atoms with Crippen molar-refractivity contribution in [2.24, 2.45) is 0 Å². The zero-order valence-electron chi connectivity index (χ0n) is 15.7. The number of unbranched alkanes of at least 4 members (excludes halogenated alkanes) is 2. The zero-order chi connectivity index (χ0) is 19.9. The minimum Gasteiger partial charge on any atom is -0.456 e. The average Bonchev–Trinajstić information content (AvgIpc) is 2.74. The Labute approximate surface area is 163 Å². The quantitative estimate of drug-likeness (QED) is 0.463. The molecule has 0 aliphatic rings. The van der Waals surface area contributed by atoms with E-state index in [2.05, 4.69) is 18.1 Å². The molecule has 0 aliphatic carbocycles. The maximum absolute atomic E-state index is 12.7. The van der Waals surface area contributed by atoms with Crippen LogP contribution in [0.1, 0.15) is 47.8 Å². The van der Waals surface area contributed by atoms with Gasteiger partial charge in [0.2, 0.25) is 0 Å². The van der Waals surface area contributed by atoms with E-state index in [-0.39, 0.29) is 17.9 Å². The summed E-state index contributed by atoms with van der Waals surface area (Å²) in [6.07, 6.45) is 2.83. The number of hydrogen-bond acceptors (Lipinski definition) is 5. The molecular weight excluding hydrogens is 354 g/mol. The van der Waals surface area contributed by atoms with Crippen LogP contribution in [0.2, 0.25) is 0 Å². The largest absolute Gasteiger partial charge is 0.456 e. The second kappa shape index (κ2) is 8.96. The summed E-state index contributed by atoms with van der Waals surface area (Å²) in [6, 6.07) is 15.9. The maximum Gasteiger partial charge on any atom is 0.359 e. The first-order valence-corrected chi connectivity index (χ1v) is 9.30. The summed E-state index contributed by atoms with van der Waals surface area (Å²) < 4.78 is 6.77. The molecule has 2 aromatic carbocycles. The normalized spacial score (nSPS) is 10.6. The van der Waals surface area contributed by atoms with Crippen LogP contribution in [0.3, 0.4) is 0 Å². The second-order valence-corrected chi connectivity index (χ2v) is 6.52. The number of aromatic nitrogens is 2. The zero-order valence-corrected chi connectivity index (χ0v) is 15.7. The predicted octanol–water partition coefficient (Wildman–Crippen LogP) is 3.82. The van der Waals surface area contributed by atoms with Crippen LogP contribution in [0.25, 0.3) is 10.8 Å². The molecule has 0 saturated carbocycles. The molecule has 0 saturated heterocycles. The Bertz CT molecular complexity index is 1100. The highest BCUT2D eigenvalue weighted by Gasteiger charge is 2.18. The van der Waals surface area contributed by atoms with Gasteiger partial charge in [-0.1, -0.05) is 50.1 Å². The van der Waals surface area contributed by atoms with Gasteiger partial charge in [-0.05, 0) is 30.2 Å². The van der Waals surface area contributed by atoms with Crippen molar-refractivity contribution in [3.05, 3.63) is 75.7 Å². The lowest BCUT2D eigenvalue weighted by molar-refractivity contribution is 0.0465. The average molecular weight is 375 g/mol. The van der Waals surface area contributed by atoms with Gasteiger partial charge in [0.1, 0.15) is 6.61 Å². The topological polar surface area (TPSA) is 85.0 Å². The highest BCUT2D eigenvalue weighted by Crippen LogP contribution is 2.16. The number of rotatable bonds is 7. The molecule has 0 spiro atoms. The molecule has 6 nitrogen and oxygen atoms in total. The van der Waals surface area contributed by atoms with Crippen LogP contribution in [-0.4, -0.2) is 15.7 Å². The second-order valence-electron chi connectivity index (χ2n) is 6.52. The molecule has 0 radical (unpaired) electrons. The molecule has 0 N–H and O–H groups in total. The fourth-order valence-electron chi connectivity index (χ4n) is 3.00. The Kier molecular flexibility index (Phi) is 6.18. The molecule has 142 valence electrons. The Hall–Kier alpha value is -3.46. The van der Waals surface area contributed by atoms with Crippen molar-refractivity contribution in [3.63, 3.8) is 0 Å². The van der Waals surface area contributed by atoms with Gasteiger partial charge in [-0.15, -0.1) is 0 Å². The van der Waals surface area contributed by atoms with E-state index >= 15 is 0 Å². The number of nitrogens with zero attached hydrogens (tertiary/aromatic N) is 3. The number of fused-ring (bicyclic) bond motifs is 1. The Morgan fingerprint density at radius 1 is 1.14 bits per heavy atom. The lowest BCUT2D eigenvalue weighted by Gasteiger charge is -2.11. The third kappa shape index (κ3) is 4.26. The summed E-state index contributed by atoms with van der Waals surface area (Å²) in [6.45, 7) is 2.57. The number of nitriles is 1. The molecule has 0 fully saturated rings. The molecule has 0 aliphatic heterocycles. The Balaban J connectivity index is 1.89. The summed E-state index contributed by atoms with van der Waals surface area (Å²) >= 11 is 0. The number of benzene rings is 2.